The van der Waals surface area contributed by atoms with Gasteiger partial charge in [0.2, 0.25) is 10.2 Å². The highest BCUT2D eigenvalue weighted by Crippen LogP contribution is 1.83. The Morgan fingerprint density at radius 3 is 2.67 bits per heavy atom. The molecule has 0 N–H and O–H groups in total. The molecule has 6 heavy (non-hydrogen) atoms. The van der Waals surface area contributed by atoms with E-state index in [1.54, 1.807) is 0 Å². The predicted octanol–water partition coefficient (Wildman–Crippen LogP) is 0.0894. The Hall–Kier alpha value is -1.13. The zero-order valence-electron chi connectivity index (χ0n) is 2.77. The van der Waals surface area contributed by atoms with Gasteiger partial charge in [-0.2, -0.15) is 0 Å². The Balaban J connectivity index is 2.86. The van der Waals surface area contributed by atoms with Crippen LogP contribution in [0.4, 0.5) is 0 Å². The molecule has 0 amide bonds. The molecule has 0 saturated heterocycles. The molecule has 1 aliphatic rings. The summed E-state index contributed by atoms with van der Waals surface area (Å²) in [6, 6.07) is 0. The highest BCUT2D eigenvalue weighted by molar-refractivity contribution is 5.53. The molecule has 1 aliphatic heterocycles. The molecule has 30 valence electrons. The summed E-state index contributed by atoms with van der Waals surface area (Å²) in [5.41, 5.74) is 0. The van der Waals surface area contributed by atoms with E-state index in [0.717, 1.165) is 6.34 Å². The van der Waals surface area contributed by atoms with E-state index in [4.69, 9.17) is 0 Å². The second-order valence-corrected chi connectivity index (χ2v) is 0.689. The van der Waals surface area contributed by atoms with Gasteiger partial charge in [-0.1, -0.05) is 0 Å². The van der Waals surface area contributed by atoms with Gasteiger partial charge in [-0.25, -0.2) is 0 Å². The maximum Gasteiger partial charge on any atom is 0.304 e. The maximum absolute atomic E-state index is 9.70. The van der Waals surface area contributed by atoms with Crippen molar-refractivity contribution in [3.63, 3.8) is 0 Å². The van der Waals surface area contributed by atoms with Crippen molar-refractivity contribution < 1.29 is 4.98 Å². The first-order chi connectivity index (χ1) is 2.89. The molecule has 0 aliphatic carbocycles. The molecule has 0 aromatic rings. The van der Waals surface area contributed by atoms with Gasteiger partial charge in [-0.05, 0) is 4.91 Å². The van der Waals surface area contributed by atoms with Crippen LogP contribution < -0.4 is 0 Å². The summed E-state index contributed by atoms with van der Waals surface area (Å²) in [6.07, 6.45) is 1.08. The Labute approximate surface area is 32.9 Å². The lowest BCUT2D eigenvalue weighted by atomic mass is 11.4. The Kier molecular flexibility index (Phi) is 0.474. The number of nitroso groups, excluding NO2 is 1. The smallest absolute Gasteiger partial charge is 0.00900 e. The summed E-state index contributed by atoms with van der Waals surface area (Å²) >= 11 is 0. The zero-order chi connectivity index (χ0) is 4.41. The van der Waals surface area contributed by atoms with Crippen LogP contribution in [0.2, 0.25) is 0 Å². The molecule has 0 bridgehead atoms. The predicted molar refractivity (Wildman–Crippen MR) is 17.0 cm³/mol. The van der Waals surface area contributed by atoms with E-state index >= 15 is 0 Å². The van der Waals surface area contributed by atoms with E-state index in [1.165, 1.54) is 0 Å². The summed E-state index contributed by atoms with van der Waals surface area (Å²) in [5, 5.41) is 9.08. The second-order valence-electron chi connectivity index (χ2n) is 0.689. The number of hydrogen-bond donors (Lipinski definition) is 0. The fourth-order valence-electron chi connectivity index (χ4n) is 0.158. The molecule has 0 fully saturated rings. The largest absolute Gasteiger partial charge is 0.304 e. The molecule has 0 unspecified atom stereocenters. The molecule has 0 saturated carbocycles. The van der Waals surface area contributed by atoms with Crippen LogP contribution in [0.15, 0.2) is 15.4 Å². The Morgan fingerprint density at radius 2 is 2.50 bits per heavy atom. The van der Waals surface area contributed by atoms with Gasteiger partial charge in [0.1, 0.15) is 0 Å². The van der Waals surface area contributed by atoms with Gasteiger partial charge in [-0.3, -0.25) is 0 Å². The van der Waals surface area contributed by atoms with Crippen LogP contribution in [0.25, 0.3) is 0 Å². The first kappa shape index (κ1) is 3.08. The first-order valence-electron chi connectivity index (χ1n) is 1.30. The number of rotatable bonds is 0. The third-order valence-corrected chi connectivity index (χ3v) is 0.330. The van der Waals surface area contributed by atoms with Crippen molar-refractivity contribution in [3.05, 3.63) is 4.91 Å². The SMILES string of the molecule is O=[N+]1N=CN=N1. The van der Waals surface area contributed by atoms with Crippen molar-refractivity contribution in [2.24, 2.45) is 15.4 Å². The monoisotopic (exact) mass is 85.0 g/mol. The van der Waals surface area contributed by atoms with Crippen LogP contribution in [-0.4, -0.2) is 11.3 Å². The average Bonchev–Trinajstić information content (AvgIpc) is 1.86. The van der Waals surface area contributed by atoms with E-state index in [0.29, 0.717) is 0 Å². The highest BCUT2D eigenvalue weighted by Gasteiger charge is 2.02. The van der Waals surface area contributed by atoms with Crippen molar-refractivity contribution in [2.45, 2.75) is 0 Å². The van der Waals surface area contributed by atoms with Crippen LogP contribution in [0.1, 0.15) is 0 Å². The number of hydrogen-bond acceptors (Lipinski definition) is 2. The molecular weight excluding hydrogens is 84.0 g/mol. The van der Waals surface area contributed by atoms with Gasteiger partial charge in [0.25, 0.3) is 0 Å². The second kappa shape index (κ2) is 0.925. The van der Waals surface area contributed by atoms with E-state index in [1.807, 2.05) is 0 Å². The minimum Gasteiger partial charge on any atom is -0.00900 e. The minimum atomic E-state index is 0.139. The molecule has 5 heteroatoms. The van der Waals surface area contributed by atoms with Crippen molar-refractivity contribution in [1.29, 1.82) is 0 Å². The third kappa shape index (κ3) is 0.291. The van der Waals surface area contributed by atoms with Gasteiger partial charge in [0, 0.05) is 5.10 Å². The highest BCUT2D eigenvalue weighted by atomic mass is 16.4. The minimum absolute atomic E-state index is 0.139. The lowest BCUT2D eigenvalue weighted by Crippen LogP contribution is -1.76. The molecule has 1 heterocycles. The Bertz CT molecular complexity index is 110. The maximum atomic E-state index is 9.70. The van der Waals surface area contributed by atoms with Crippen LogP contribution in [0.3, 0.4) is 0 Å². The summed E-state index contributed by atoms with van der Waals surface area (Å²) in [7, 11) is 0. The van der Waals surface area contributed by atoms with E-state index in [-0.39, 0.29) is 4.98 Å². The summed E-state index contributed by atoms with van der Waals surface area (Å²) < 4.78 is 0. The van der Waals surface area contributed by atoms with Gasteiger partial charge >= 0.3 is 6.34 Å². The van der Waals surface area contributed by atoms with Crippen LogP contribution >= 0.6 is 0 Å². The van der Waals surface area contributed by atoms with Gasteiger partial charge < -0.3 is 0 Å². The van der Waals surface area contributed by atoms with Gasteiger partial charge in [0.05, 0.1) is 5.11 Å². The van der Waals surface area contributed by atoms with E-state index in [2.05, 4.69) is 15.4 Å². The quantitative estimate of drug-likeness (QED) is 0.384. The van der Waals surface area contributed by atoms with Crippen molar-refractivity contribution in [1.82, 2.24) is 0 Å². The molecule has 0 radical (unpaired) electrons. The lowest BCUT2D eigenvalue weighted by Gasteiger charge is -1.50. The molecular formula is CHN4O+. The Morgan fingerprint density at radius 1 is 1.67 bits per heavy atom. The first-order valence-corrected chi connectivity index (χ1v) is 1.30. The summed E-state index contributed by atoms with van der Waals surface area (Å²) in [5.74, 6) is 0. The van der Waals surface area contributed by atoms with Crippen molar-refractivity contribution in [2.75, 3.05) is 0 Å². The standard InChI is InChI=1S/CHN4O/c6-5-3-1-2-4-5/h1H/q+1. The van der Waals surface area contributed by atoms with E-state index < -0.39 is 0 Å². The third-order valence-electron chi connectivity index (χ3n) is 0.330. The molecule has 0 spiro atoms. The summed E-state index contributed by atoms with van der Waals surface area (Å²) in [4.78, 5) is 9.84. The summed E-state index contributed by atoms with van der Waals surface area (Å²) in [6.45, 7) is 0. The number of hydrazone groups is 1. The average molecular weight is 85.0 g/mol. The molecule has 0 aromatic carbocycles. The van der Waals surface area contributed by atoms with E-state index in [9.17, 15) is 4.91 Å². The fourth-order valence-corrected chi connectivity index (χ4v) is 0.158. The van der Waals surface area contributed by atoms with Crippen LogP contribution in [0, 0.1) is 4.91 Å². The van der Waals surface area contributed by atoms with Gasteiger partial charge in [0.15, 0.2) is 0 Å². The zero-order valence-corrected chi connectivity index (χ0v) is 2.77. The van der Waals surface area contributed by atoms with Gasteiger partial charge in [-0.15, -0.1) is 0 Å². The molecule has 0 atom stereocenters. The number of nitrogens with zero attached hydrogens (tertiary/aromatic N) is 4. The van der Waals surface area contributed by atoms with Crippen LogP contribution in [-0.2, 0) is 0 Å². The topological polar surface area (TPSA) is 57.2 Å². The van der Waals surface area contributed by atoms with Crippen molar-refractivity contribution in [3.8, 4) is 0 Å². The normalized spacial score (nSPS) is 17.0. The molecule has 5 nitrogen and oxygen atoms in total. The lowest BCUT2D eigenvalue weighted by molar-refractivity contribution is -0.560. The van der Waals surface area contributed by atoms with Crippen LogP contribution in [0.5, 0.6) is 0 Å². The molecule has 0 aromatic heterocycles. The molecule has 1 rings (SSSR count). The van der Waals surface area contributed by atoms with Crippen molar-refractivity contribution >= 4 is 6.34 Å². The fraction of sp³-hybridized carbons (Fsp3) is 0.